The molecule has 0 spiro atoms. The van der Waals surface area contributed by atoms with Crippen LogP contribution in [0.25, 0.3) is 0 Å². The van der Waals surface area contributed by atoms with E-state index in [1.807, 2.05) is 24.3 Å². The van der Waals surface area contributed by atoms with E-state index in [1.54, 1.807) is 4.90 Å². The largest absolute Gasteiger partial charge is 0.481 e. The van der Waals surface area contributed by atoms with E-state index in [1.165, 1.54) is 0 Å². The number of benzene rings is 1. The maximum atomic E-state index is 10.8. The minimum Gasteiger partial charge on any atom is -0.481 e. The molecule has 1 aromatic carbocycles. The molecule has 138 valence electrons. The lowest BCUT2D eigenvalue weighted by molar-refractivity contribution is -0.137. The van der Waals surface area contributed by atoms with E-state index in [2.05, 4.69) is 4.90 Å². The number of hydrogen-bond acceptors (Lipinski definition) is 5. The SMILES string of the molecule is O=C(O)CCN(CCC(=O)O)c1ccc(N2CCC(CO)CC2)cc1. The second-order valence-corrected chi connectivity index (χ2v) is 6.40. The van der Waals surface area contributed by atoms with Gasteiger partial charge in [-0.1, -0.05) is 0 Å². The number of carboxylic acids is 2. The van der Waals surface area contributed by atoms with Gasteiger partial charge in [0.15, 0.2) is 0 Å². The fourth-order valence-corrected chi connectivity index (χ4v) is 3.08. The van der Waals surface area contributed by atoms with Crippen LogP contribution in [0.1, 0.15) is 25.7 Å². The van der Waals surface area contributed by atoms with Crippen LogP contribution in [0.5, 0.6) is 0 Å². The number of nitrogens with zero attached hydrogens (tertiary/aromatic N) is 2. The van der Waals surface area contributed by atoms with Crippen molar-refractivity contribution in [3.8, 4) is 0 Å². The van der Waals surface area contributed by atoms with Gasteiger partial charge in [-0.2, -0.15) is 0 Å². The van der Waals surface area contributed by atoms with Crippen molar-refractivity contribution in [1.82, 2.24) is 0 Å². The molecule has 1 aliphatic rings. The van der Waals surface area contributed by atoms with Crippen molar-refractivity contribution in [3.63, 3.8) is 0 Å². The highest BCUT2D eigenvalue weighted by Crippen LogP contribution is 2.25. The van der Waals surface area contributed by atoms with E-state index in [0.717, 1.165) is 37.3 Å². The summed E-state index contributed by atoms with van der Waals surface area (Å²) in [4.78, 5) is 25.7. The summed E-state index contributed by atoms with van der Waals surface area (Å²) >= 11 is 0. The minimum absolute atomic E-state index is 0.0317. The van der Waals surface area contributed by atoms with E-state index in [-0.39, 0.29) is 32.5 Å². The lowest BCUT2D eigenvalue weighted by atomic mass is 9.97. The molecule has 1 heterocycles. The zero-order chi connectivity index (χ0) is 18.2. The average molecular weight is 350 g/mol. The average Bonchev–Trinajstić information content (AvgIpc) is 2.62. The Kier molecular flexibility index (Phi) is 7.06. The van der Waals surface area contributed by atoms with Crippen LogP contribution in [0, 0.1) is 5.92 Å². The molecule has 0 aliphatic carbocycles. The van der Waals surface area contributed by atoms with Gasteiger partial charge in [0.05, 0.1) is 12.8 Å². The fourth-order valence-electron chi connectivity index (χ4n) is 3.08. The first kappa shape index (κ1) is 19.1. The molecule has 0 atom stereocenters. The maximum absolute atomic E-state index is 10.8. The Labute approximate surface area is 147 Å². The molecule has 1 aromatic rings. The van der Waals surface area contributed by atoms with Gasteiger partial charge in [-0.25, -0.2) is 0 Å². The van der Waals surface area contributed by atoms with Crippen LogP contribution in [0.3, 0.4) is 0 Å². The smallest absolute Gasteiger partial charge is 0.305 e. The standard InChI is InChI=1S/C18H26N2O5/c21-13-14-5-9-19(10-6-14)15-1-3-16(4-2-15)20(11-7-17(22)23)12-8-18(24)25/h1-4,14,21H,5-13H2,(H,22,23)(H,24,25). The van der Waals surface area contributed by atoms with Crippen molar-refractivity contribution in [2.75, 3.05) is 42.6 Å². The summed E-state index contributed by atoms with van der Waals surface area (Å²) in [7, 11) is 0. The predicted octanol–water partition coefficient (Wildman–Crippen LogP) is 1.65. The molecule has 1 saturated heterocycles. The third-order valence-corrected chi connectivity index (χ3v) is 4.64. The van der Waals surface area contributed by atoms with E-state index in [9.17, 15) is 14.7 Å². The summed E-state index contributed by atoms with van der Waals surface area (Å²) in [6, 6.07) is 7.81. The molecule has 3 N–H and O–H groups in total. The van der Waals surface area contributed by atoms with Crippen LogP contribution in [0.15, 0.2) is 24.3 Å². The summed E-state index contributed by atoms with van der Waals surface area (Å²) in [6.07, 6.45) is 1.88. The molecule has 1 fully saturated rings. The van der Waals surface area contributed by atoms with Gasteiger partial charge in [0.25, 0.3) is 0 Å². The second-order valence-electron chi connectivity index (χ2n) is 6.40. The number of piperidine rings is 1. The number of anilines is 2. The zero-order valence-corrected chi connectivity index (χ0v) is 14.3. The first-order valence-corrected chi connectivity index (χ1v) is 8.64. The highest BCUT2D eigenvalue weighted by molar-refractivity contribution is 5.69. The predicted molar refractivity (Wildman–Crippen MR) is 95.2 cm³/mol. The number of carbonyl (C=O) groups is 2. The van der Waals surface area contributed by atoms with Crippen LogP contribution in [-0.2, 0) is 9.59 Å². The molecule has 1 aliphatic heterocycles. The van der Waals surface area contributed by atoms with Crippen molar-refractivity contribution in [2.45, 2.75) is 25.7 Å². The Morgan fingerprint density at radius 2 is 1.52 bits per heavy atom. The Hall–Kier alpha value is -2.28. The quantitative estimate of drug-likeness (QED) is 0.622. The van der Waals surface area contributed by atoms with Gasteiger partial charge in [-0.3, -0.25) is 9.59 Å². The van der Waals surface area contributed by atoms with Crippen molar-refractivity contribution in [1.29, 1.82) is 0 Å². The molecule has 2 rings (SSSR count). The Bertz CT molecular complexity index is 549. The summed E-state index contributed by atoms with van der Waals surface area (Å²) in [5.74, 6) is -1.41. The third kappa shape index (κ3) is 5.94. The molecule has 0 amide bonds. The van der Waals surface area contributed by atoms with Crippen molar-refractivity contribution in [2.24, 2.45) is 5.92 Å². The summed E-state index contributed by atoms with van der Waals surface area (Å²) < 4.78 is 0. The lowest BCUT2D eigenvalue weighted by Gasteiger charge is -2.33. The Morgan fingerprint density at radius 1 is 1.00 bits per heavy atom. The molecule has 0 radical (unpaired) electrons. The summed E-state index contributed by atoms with van der Waals surface area (Å²) in [5.41, 5.74) is 1.92. The van der Waals surface area contributed by atoms with Gasteiger partial charge in [0.1, 0.15) is 0 Å². The number of aliphatic hydroxyl groups is 1. The topological polar surface area (TPSA) is 101 Å². The van der Waals surface area contributed by atoms with E-state index >= 15 is 0 Å². The molecule has 7 nitrogen and oxygen atoms in total. The van der Waals surface area contributed by atoms with Gasteiger partial charge in [-0.15, -0.1) is 0 Å². The van der Waals surface area contributed by atoms with Crippen molar-refractivity contribution < 1.29 is 24.9 Å². The van der Waals surface area contributed by atoms with Gasteiger partial charge in [0, 0.05) is 44.2 Å². The van der Waals surface area contributed by atoms with Crippen molar-refractivity contribution >= 4 is 23.3 Å². The summed E-state index contributed by atoms with van der Waals surface area (Å²) in [6.45, 7) is 2.63. The number of aliphatic carboxylic acids is 2. The summed E-state index contributed by atoms with van der Waals surface area (Å²) in [5, 5.41) is 27.0. The maximum Gasteiger partial charge on any atom is 0.305 e. The van der Waals surface area contributed by atoms with Crippen LogP contribution >= 0.6 is 0 Å². The molecular formula is C18H26N2O5. The molecule has 0 bridgehead atoms. The molecule has 0 aromatic heterocycles. The van der Waals surface area contributed by atoms with Gasteiger partial charge in [0.2, 0.25) is 0 Å². The molecule has 0 saturated carbocycles. The monoisotopic (exact) mass is 350 g/mol. The first-order valence-electron chi connectivity index (χ1n) is 8.64. The Morgan fingerprint density at radius 3 is 1.96 bits per heavy atom. The normalized spacial score (nSPS) is 15.2. The molecule has 25 heavy (non-hydrogen) atoms. The van der Waals surface area contributed by atoms with E-state index in [0.29, 0.717) is 5.92 Å². The Balaban J connectivity index is 2.01. The highest BCUT2D eigenvalue weighted by Gasteiger charge is 2.19. The lowest BCUT2D eigenvalue weighted by Crippen LogP contribution is -2.34. The minimum atomic E-state index is -0.899. The molecular weight excluding hydrogens is 324 g/mol. The van der Waals surface area contributed by atoms with Crippen LogP contribution < -0.4 is 9.80 Å². The van der Waals surface area contributed by atoms with E-state index < -0.39 is 11.9 Å². The molecule has 0 unspecified atom stereocenters. The van der Waals surface area contributed by atoms with Gasteiger partial charge >= 0.3 is 11.9 Å². The number of aliphatic hydroxyl groups excluding tert-OH is 1. The third-order valence-electron chi connectivity index (χ3n) is 4.64. The first-order chi connectivity index (χ1) is 12.0. The highest BCUT2D eigenvalue weighted by atomic mass is 16.4. The van der Waals surface area contributed by atoms with Gasteiger partial charge < -0.3 is 25.1 Å². The van der Waals surface area contributed by atoms with E-state index in [4.69, 9.17) is 10.2 Å². The molecule has 7 heteroatoms. The van der Waals surface area contributed by atoms with Crippen LogP contribution in [0.4, 0.5) is 11.4 Å². The zero-order valence-electron chi connectivity index (χ0n) is 14.3. The fraction of sp³-hybridized carbons (Fsp3) is 0.556. The van der Waals surface area contributed by atoms with Crippen LogP contribution in [0.2, 0.25) is 0 Å². The number of hydrogen-bond donors (Lipinski definition) is 3. The second kappa shape index (κ2) is 9.27. The van der Waals surface area contributed by atoms with Crippen molar-refractivity contribution in [3.05, 3.63) is 24.3 Å². The number of carboxylic acid groups (broad SMARTS) is 2. The van der Waals surface area contributed by atoms with Crippen LogP contribution in [-0.4, -0.2) is 60.0 Å². The van der Waals surface area contributed by atoms with Gasteiger partial charge in [-0.05, 0) is 43.0 Å². The number of rotatable bonds is 9.